The van der Waals surface area contributed by atoms with E-state index in [1.165, 1.54) is 11.0 Å². The summed E-state index contributed by atoms with van der Waals surface area (Å²) >= 11 is 0. The molecule has 4 saturated heterocycles. The van der Waals surface area contributed by atoms with Crippen molar-refractivity contribution in [3.05, 3.63) is 83.7 Å². The highest BCUT2D eigenvalue weighted by Crippen LogP contribution is 2.63. The molecule has 0 saturated carbocycles. The lowest BCUT2D eigenvalue weighted by atomic mass is 9.60. The maximum absolute atomic E-state index is 14.7. The predicted molar refractivity (Wildman–Crippen MR) is 148 cm³/mol. The van der Waals surface area contributed by atoms with Crippen LogP contribution < -0.4 is 9.91 Å². The van der Waals surface area contributed by atoms with Crippen molar-refractivity contribution in [3.8, 4) is 17.2 Å². The number of ether oxygens (including phenoxy) is 1. The molecule has 8 rings (SSSR count). The third kappa shape index (κ3) is 3.64. The van der Waals surface area contributed by atoms with E-state index in [9.17, 15) is 32.4 Å². The van der Waals surface area contributed by atoms with Gasteiger partial charge in [0.05, 0.1) is 35.9 Å². The third-order valence-electron chi connectivity index (χ3n) is 9.02. The number of nitriles is 1. The first-order valence-corrected chi connectivity index (χ1v) is 13.6. The maximum atomic E-state index is 14.7. The van der Waals surface area contributed by atoms with E-state index in [4.69, 9.17) is 4.74 Å². The van der Waals surface area contributed by atoms with Crippen molar-refractivity contribution in [2.75, 3.05) is 36.2 Å². The topological polar surface area (TPSA) is 89.2 Å². The molecule has 0 N–H and O–H groups in total. The SMILES string of the molecule is N#Cc1cc(N2N=C(C(F)(F)F)[C@@H]3C45CCN(c6ccc(-c7ccccc7C=O)cc6)C(=O)C32N4CCOC5)ccc1F. The van der Waals surface area contributed by atoms with Crippen LogP contribution in [0.4, 0.5) is 28.9 Å². The molecule has 3 aromatic carbocycles. The molecule has 5 aliphatic rings. The number of amides is 1. The van der Waals surface area contributed by atoms with E-state index in [-0.39, 0.29) is 44.0 Å². The van der Waals surface area contributed by atoms with Crippen LogP contribution in [0, 0.1) is 23.1 Å². The van der Waals surface area contributed by atoms with Gasteiger partial charge in [-0.3, -0.25) is 14.5 Å². The van der Waals surface area contributed by atoms with Crippen LogP contribution in [0.5, 0.6) is 0 Å². The zero-order valence-corrected chi connectivity index (χ0v) is 22.5. The molecule has 0 aliphatic carbocycles. The van der Waals surface area contributed by atoms with Gasteiger partial charge in [-0.05, 0) is 47.9 Å². The number of carbonyl (C=O) groups is 2. The van der Waals surface area contributed by atoms with Crippen LogP contribution in [0.15, 0.2) is 71.8 Å². The average molecular weight is 590 g/mol. The Morgan fingerprint density at radius 2 is 1.79 bits per heavy atom. The number of carbonyl (C=O) groups excluding carboxylic acids is 2. The Morgan fingerprint density at radius 1 is 1.05 bits per heavy atom. The van der Waals surface area contributed by atoms with Crippen LogP contribution in [0.3, 0.4) is 0 Å². The Morgan fingerprint density at radius 3 is 2.51 bits per heavy atom. The van der Waals surface area contributed by atoms with Crippen molar-refractivity contribution in [2.24, 2.45) is 11.0 Å². The number of fused-ring (bicyclic) bond motifs is 3. The number of morpholine rings is 1. The highest BCUT2D eigenvalue weighted by Gasteiger charge is 2.83. The lowest BCUT2D eigenvalue weighted by Gasteiger charge is -2.68. The highest BCUT2D eigenvalue weighted by atomic mass is 19.4. The van der Waals surface area contributed by atoms with Crippen molar-refractivity contribution in [1.29, 1.82) is 5.26 Å². The summed E-state index contributed by atoms with van der Waals surface area (Å²) in [6, 6.07) is 19.0. The summed E-state index contributed by atoms with van der Waals surface area (Å²) < 4.78 is 63.9. The van der Waals surface area contributed by atoms with Crippen LogP contribution >= 0.6 is 0 Å². The molecule has 3 atom stereocenters. The lowest BCUT2D eigenvalue weighted by Crippen LogP contribution is -2.89. The Labute approximate surface area is 243 Å². The average Bonchev–Trinajstić information content (AvgIpc) is 3.23. The van der Waals surface area contributed by atoms with Gasteiger partial charge < -0.3 is 9.64 Å². The van der Waals surface area contributed by atoms with Crippen LogP contribution in [0.1, 0.15) is 22.3 Å². The van der Waals surface area contributed by atoms with Crippen molar-refractivity contribution in [1.82, 2.24) is 4.90 Å². The standard InChI is InChI=1S/C31H23F4N5O3/c32-25-10-9-23(15-21(25)16-36)40-30-26(27(37-40)31(33,34)35)29(18-43-14-13-39(29)30)11-12-38(28(30)42)22-7-5-19(6-8-22)24-4-2-1-3-20(24)17-41/h1-10,15,17,26H,11-14,18H2/t26-,29?,30?/m1/s1. The molecule has 0 radical (unpaired) electrons. The molecule has 2 unspecified atom stereocenters. The van der Waals surface area contributed by atoms with Gasteiger partial charge in [-0.2, -0.15) is 23.5 Å². The van der Waals surface area contributed by atoms with Crippen LogP contribution in [-0.4, -0.2) is 66.5 Å². The number of nitrogens with zero attached hydrogens (tertiary/aromatic N) is 5. The van der Waals surface area contributed by atoms with Gasteiger partial charge in [0, 0.05) is 24.3 Å². The number of hydrogen-bond acceptors (Lipinski definition) is 7. The molecule has 2 spiro atoms. The number of halogens is 4. The van der Waals surface area contributed by atoms with Crippen LogP contribution in [0.2, 0.25) is 0 Å². The maximum Gasteiger partial charge on any atom is 0.431 e. The first kappa shape index (κ1) is 27.2. The molecule has 0 aromatic heterocycles. The molecule has 5 heterocycles. The normalized spacial score (nSPS) is 26.5. The molecule has 1 amide bonds. The van der Waals surface area contributed by atoms with E-state index in [1.54, 1.807) is 59.5 Å². The molecule has 218 valence electrons. The first-order chi connectivity index (χ1) is 20.7. The fourth-order valence-corrected chi connectivity index (χ4v) is 7.26. The molecule has 43 heavy (non-hydrogen) atoms. The molecule has 4 fully saturated rings. The molecule has 2 bridgehead atoms. The summed E-state index contributed by atoms with van der Waals surface area (Å²) in [6.45, 7) is 0.488. The number of aldehydes is 1. The number of hydrogen-bond donors (Lipinski definition) is 0. The summed E-state index contributed by atoms with van der Waals surface area (Å²) in [7, 11) is 0. The van der Waals surface area contributed by atoms with Gasteiger partial charge >= 0.3 is 6.18 Å². The van der Waals surface area contributed by atoms with E-state index in [0.717, 1.165) is 29.0 Å². The fraction of sp³-hybridized carbons (Fsp3) is 0.290. The molecule has 8 nitrogen and oxygen atoms in total. The Bertz CT molecular complexity index is 1740. The minimum absolute atomic E-state index is 0.00157. The van der Waals surface area contributed by atoms with Gasteiger partial charge in [0.2, 0.25) is 5.66 Å². The largest absolute Gasteiger partial charge is 0.431 e. The number of rotatable bonds is 4. The van der Waals surface area contributed by atoms with Crippen molar-refractivity contribution in [2.45, 2.75) is 23.8 Å². The lowest BCUT2D eigenvalue weighted by molar-refractivity contribution is -0.228. The second-order valence-corrected chi connectivity index (χ2v) is 11.0. The van der Waals surface area contributed by atoms with Gasteiger partial charge in [-0.1, -0.05) is 36.4 Å². The van der Waals surface area contributed by atoms with Crippen molar-refractivity contribution < 1.29 is 31.9 Å². The quantitative estimate of drug-likeness (QED) is 0.323. The van der Waals surface area contributed by atoms with Crippen LogP contribution in [-0.2, 0) is 9.53 Å². The third-order valence-corrected chi connectivity index (χ3v) is 9.02. The van der Waals surface area contributed by atoms with Crippen molar-refractivity contribution in [3.63, 3.8) is 0 Å². The molecule has 5 aliphatic heterocycles. The Kier molecular flexibility index (Phi) is 5.99. The monoisotopic (exact) mass is 589 g/mol. The van der Waals surface area contributed by atoms with Gasteiger partial charge in [-0.15, -0.1) is 0 Å². The summed E-state index contributed by atoms with van der Waals surface area (Å²) in [5.41, 5.74) is -2.14. The number of anilines is 2. The summed E-state index contributed by atoms with van der Waals surface area (Å²) in [5.74, 6) is -2.83. The molecule has 12 heteroatoms. The second-order valence-electron chi connectivity index (χ2n) is 11.0. The summed E-state index contributed by atoms with van der Waals surface area (Å²) in [6.07, 6.45) is -3.91. The Balaban J connectivity index is 1.37. The molecule has 3 aromatic rings. The smallest absolute Gasteiger partial charge is 0.378 e. The molecular weight excluding hydrogens is 566 g/mol. The zero-order chi connectivity index (χ0) is 30.1. The summed E-state index contributed by atoms with van der Waals surface area (Å²) in [4.78, 5) is 29.5. The number of alkyl halides is 3. The van der Waals surface area contributed by atoms with Gasteiger partial charge in [0.25, 0.3) is 5.91 Å². The summed E-state index contributed by atoms with van der Waals surface area (Å²) in [5, 5.41) is 14.5. The number of hydrazone groups is 1. The van der Waals surface area contributed by atoms with E-state index in [1.807, 2.05) is 0 Å². The van der Waals surface area contributed by atoms with Gasteiger partial charge in [-0.25, -0.2) is 9.40 Å². The van der Waals surface area contributed by atoms with E-state index >= 15 is 0 Å². The minimum atomic E-state index is -4.86. The first-order valence-electron chi connectivity index (χ1n) is 13.6. The Hall–Kier alpha value is -4.60. The highest BCUT2D eigenvalue weighted by molar-refractivity contribution is 6.13. The van der Waals surface area contributed by atoms with Gasteiger partial charge in [0.15, 0.2) is 12.0 Å². The fourth-order valence-electron chi connectivity index (χ4n) is 7.26. The number of benzene rings is 3. The zero-order valence-electron chi connectivity index (χ0n) is 22.5. The van der Waals surface area contributed by atoms with E-state index < -0.39 is 40.7 Å². The van der Waals surface area contributed by atoms with E-state index in [2.05, 4.69) is 5.10 Å². The van der Waals surface area contributed by atoms with E-state index in [0.29, 0.717) is 16.8 Å². The molecular formula is C31H23F4N5O3. The van der Waals surface area contributed by atoms with Crippen LogP contribution in [0.25, 0.3) is 11.1 Å². The minimum Gasteiger partial charge on any atom is -0.378 e. The van der Waals surface area contributed by atoms with Gasteiger partial charge in [0.1, 0.15) is 11.9 Å². The second kappa shape index (κ2) is 9.45. The van der Waals surface area contributed by atoms with Crippen molar-refractivity contribution >= 4 is 29.3 Å². The predicted octanol–water partition coefficient (Wildman–Crippen LogP) is 4.75.